The number of hydrogen-bond donors (Lipinski definition) is 2. The Bertz CT molecular complexity index is 945. The summed E-state index contributed by atoms with van der Waals surface area (Å²) in [5.41, 5.74) is 2.75. The Balaban J connectivity index is 1.47. The van der Waals surface area contributed by atoms with Crippen LogP contribution in [0.5, 0.6) is 0 Å². The van der Waals surface area contributed by atoms with E-state index in [4.69, 9.17) is 0 Å². The number of hydrogen-bond acceptors (Lipinski definition) is 9. The van der Waals surface area contributed by atoms with Crippen LogP contribution in [0, 0.1) is 13.8 Å². The van der Waals surface area contributed by atoms with Gasteiger partial charge in [-0.3, -0.25) is 10.1 Å². The summed E-state index contributed by atoms with van der Waals surface area (Å²) in [7, 11) is 2.13. The maximum atomic E-state index is 12.0. The number of amides is 1. The van der Waals surface area contributed by atoms with E-state index in [2.05, 4.69) is 52.4 Å². The minimum absolute atomic E-state index is 0.0993. The molecular formula is C22H33N9O. The van der Waals surface area contributed by atoms with Gasteiger partial charge < -0.3 is 15.1 Å². The predicted molar refractivity (Wildman–Crippen MR) is 123 cm³/mol. The molecule has 0 atom stereocenters. The van der Waals surface area contributed by atoms with Crippen LogP contribution in [0.15, 0.2) is 0 Å². The number of aromatic nitrogens is 5. The average molecular weight is 440 g/mol. The van der Waals surface area contributed by atoms with Gasteiger partial charge in [-0.1, -0.05) is 6.92 Å². The van der Waals surface area contributed by atoms with Crippen LogP contribution in [0.25, 0.3) is 0 Å². The molecule has 10 heteroatoms. The van der Waals surface area contributed by atoms with E-state index in [0.717, 1.165) is 68.2 Å². The van der Waals surface area contributed by atoms with Crippen LogP contribution >= 0.6 is 0 Å². The number of carbonyl (C=O) groups excluding carboxylic acids is 1. The lowest BCUT2D eigenvalue weighted by Gasteiger charge is -2.32. The molecule has 0 spiro atoms. The smallest absolute Gasteiger partial charge is 0.234 e. The third kappa shape index (κ3) is 5.67. The Morgan fingerprint density at radius 2 is 1.62 bits per heavy atom. The van der Waals surface area contributed by atoms with E-state index in [-0.39, 0.29) is 5.91 Å². The highest BCUT2D eigenvalue weighted by atomic mass is 16.1. The summed E-state index contributed by atoms with van der Waals surface area (Å²) < 4.78 is 0. The second kappa shape index (κ2) is 9.72. The Morgan fingerprint density at radius 1 is 0.969 bits per heavy atom. The van der Waals surface area contributed by atoms with Gasteiger partial charge in [-0.2, -0.15) is 15.0 Å². The molecule has 2 fully saturated rings. The van der Waals surface area contributed by atoms with Gasteiger partial charge in [-0.05, 0) is 45.7 Å². The fourth-order valence-corrected chi connectivity index (χ4v) is 3.79. The molecule has 1 aliphatic heterocycles. The zero-order chi connectivity index (χ0) is 22.7. The van der Waals surface area contributed by atoms with E-state index in [1.54, 1.807) is 0 Å². The van der Waals surface area contributed by atoms with Gasteiger partial charge in [0, 0.05) is 56.5 Å². The lowest BCUT2D eigenvalue weighted by atomic mass is 10.1. The van der Waals surface area contributed by atoms with Crippen LogP contribution in [0.2, 0.25) is 0 Å². The Labute approximate surface area is 189 Å². The molecule has 0 radical (unpaired) electrons. The first-order valence-electron chi connectivity index (χ1n) is 11.5. The SMILES string of the molecule is CCc1nc(Nc2nc(C)c(CCC(=O)NC3CC3)c(C)n2)nc(N2CCN(C)CC2)n1. The number of carbonyl (C=O) groups is 1. The molecule has 32 heavy (non-hydrogen) atoms. The van der Waals surface area contributed by atoms with Crippen molar-refractivity contribution in [3.8, 4) is 0 Å². The quantitative estimate of drug-likeness (QED) is 0.632. The van der Waals surface area contributed by atoms with Crippen molar-refractivity contribution >= 4 is 23.8 Å². The van der Waals surface area contributed by atoms with Gasteiger partial charge in [0.15, 0.2) is 0 Å². The van der Waals surface area contributed by atoms with Crippen LogP contribution in [0.1, 0.15) is 49.0 Å². The number of nitrogens with zero attached hydrogens (tertiary/aromatic N) is 7. The van der Waals surface area contributed by atoms with E-state index in [1.165, 1.54) is 0 Å². The summed E-state index contributed by atoms with van der Waals surface area (Å²) in [4.78, 5) is 39.6. The van der Waals surface area contributed by atoms with Crippen LogP contribution in [-0.4, -0.2) is 75.0 Å². The fourth-order valence-electron chi connectivity index (χ4n) is 3.79. The van der Waals surface area contributed by atoms with Crippen LogP contribution in [0.4, 0.5) is 17.8 Å². The lowest BCUT2D eigenvalue weighted by molar-refractivity contribution is -0.121. The molecule has 3 heterocycles. The highest BCUT2D eigenvalue weighted by molar-refractivity contribution is 5.76. The van der Waals surface area contributed by atoms with Crippen LogP contribution in [0.3, 0.4) is 0 Å². The predicted octanol–water partition coefficient (Wildman–Crippen LogP) is 1.55. The van der Waals surface area contributed by atoms with Crippen molar-refractivity contribution in [3.05, 3.63) is 22.8 Å². The second-order valence-electron chi connectivity index (χ2n) is 8.68. The Hall–Kier alpha value is -2.88. The lowest BCUT2D eigenvalue weighted by Crippen LogP contribution is -2.45. The van der Waals surface area contributed by atoms with Crippen molar-refractivity contribution < 1.29 is 4.79 Å². The first kappa shape index (κ1) is 22.3. The minimum atomic E-state index is 0.0993. The van der Waals surface area contributed by atoms with Gasteiger partial charge in [0.1, 0.15) is 5.82 Å². The number of aryl methyl sites for hydroxylation is 3. The summed E-state index contributed by atoms with van der Waals surface area (Å²) in [5.74, 6) is 2.45. The summed E-state index contributed by atoms with van der Waals surface area (Å²) in [6, 6.07) is 0.386. The molecule has 1 aliphatic carbocycles. The van der Waals surface area contributed by atoms with E-state index in [1.807, 2.05) is 20.8 Å². The van der Waals surface area contributed by atoms with Crippen molar-refractivity contribution in [2.45, 2.75) is 58.9 Å². The van der Waals surface area contributed by atoms with E-state index < -0.39 is 0 Å². The maximum Gasteiger partial charge on any atom is 0.234 e. The van der Waals surface area contributed by atoms with Gasteiger partial charge in [0.2, 0.25) is 23.8 Å². The Morgan fingerprint density at radius 3 is 2.25 bits per heavy atom. The Kier molecular flexibility index (Phi) is 6.78. The fraction of sp³-hybridized carbons (Fsp3) is 0.636. The molecule has 0 aromatic carbocycles. The monoisotopic (exact) mass is 439 g/mol. The average Bonchev–Trinajstić information content (AvgIpc) is 3.57. The third-order valence-electron chi connectivity index (χ3n) is 5.96. The van der Waals surface area contributed by atoms with Crippen molar-refractivity contribution in [3.63, 3.8) is 0 Å². The molecule has 10 nitrogen and oxygen atoms in total. The topological polar surface area (TPSA) is 112 Å². The van der Waals surface area contributed by atoms with Crippen molar-refractivity contribution in [1.82, 2.24) is 35.1 Å². The van der Waals surface area contributed by atoms with E-state index in [0.29, 0.717) is 36.7 Å². The summed E-state index contributed by atoms with van der Waals surface area (Å²) in [5, 5.41) is 6.21. The molecule has 2 aromatic heterocycles. The zero-order valence-corrected chi connectivity index (χ0v) is 19.5. The molecule has 1 amide bonds. The van der Waals surface area contributed by atoms with E-state index >= 15 is 0 Å². The largest absolute Gasteiger partial charge is 0.353 e. The second-order valence-corrected chi connectivity index (χ2v) is 8.68. The first-order valence-corrected chi connectivity index (χ1v) is 11.5. The molecule has 2 aromatic rings. The maximum absolute atomic E-state index is 12.0. The summed E-state index contributed by atoms with van der Waals surface area (Å²) in [6.07, 6.45) is 4.01. The standard InChI is InChI=1S/C22H33N9O/c1-5-18-26-21(29-22(27-18)31-12-10-30(4)11-13-31)28-20-23-14(2)17(15(3)24-20)8-9-19(32)25-16-6-7-16/h16H,5-13H2,1-4H3,(H,25,32)(H,23,24,26,27,28,29). The number of likely N-dealkylation sites (N-methyl/N-ethyl adjacent to an activating group) is 1. The van der Waals surface area contributed by atoms with Gasteiger partial charge in [-0.25, -0.2) is 9.97 Å². The summed E-state index contributed by atoms with van der Waals surface area (Å²) in [6.45, 7) is 9.69. The molecule has 1 saturated carbocycles. The minimum Gasteiger partial charge on any atom is -0.353 e. The number of rotatable bonds is 8. The molecule has 4 rings (SSSR count). The molecule has 172 valence electrons. The molecule has 2 aliphatic rings. The third-order valence-corrected chi connectivity index (χ3v) is 5.96. The molecular weight excluding hydrogens is 406 g/mol. The van der Waals surface area contributed by atoms with Gasteiger partial charge in [0.25, 0.3) is 0 Å². The number of piperazine rings is 1. The van der Waals surface area contributed by atoms with E-state index in [9.17, 15) is 4.79 Å². The number of nitrogens with one attached hydrogen (secondary N) is 2. The van der Waals surface area contributed by atoms with Gasteiger partial charge in [0.05, 0.1) is 0 Å². The van der Waals surface area contributed by atoms with Gasteiger partial charge >= 0.3 is 0 Å². The van der Waals surface area contributed by atoms with Crippen LogP contribution < -0.4 is 15.5 Å². The molecule has 0 bridgehead atoms. The van der Waals surface area contributed by atoms with Gasteiger partial charge in [-0.15, -0.1) is 0 Å². The zero-order valence-electron chi connectivity index (χ0n) is 19.5. The highest BCUT2D eigenvalue weighted by Gasteiger charge is 2.23. The molecule has 0 unspecified atom stereocenters. The highest BCUT2D eigenvalue weighted by Crippen LogP contribution is 2.21. The van der Waals surface area contributed by atoms with Crippen LogP contribution in [-0.2, 0) is 17.6 Å². The molecule has 2 N–H and O–H groups in total. The van der Waals surface area contributed by atoms with Crippen molar-refractivity contribution in [1.29, 1.82) is 0 Å². The van der Waals surface area contributed by atoms with Crippen molar-refractivity contribution in [2.24, 2.45) is 0 Å². The normalized spacial score (nSPS) is 16.8. The first-order chi connectivity index (χ1) is 15.4. The summed E-state index contributed by atoms with van der Waals surface area (Å²) >= 11 is 0. The number of anilines is 3. The molecule has 1 saturated heterocycles. The van der Waals surface area contributed by atoms with Crippen molar-refractivity contribution in [2.75, 3.05) is 43.4 Å².